The zero-order valence-electron chi connectivity index (χ0n) is 9.10. The lowest BCUT2D eigenvalue weighted by molar-refractivity contribution is -0.127. The third-order valence-electron chi connectivity index (χ3n) is 2.77. The minimum Gasteiger partial charge on any atom is -0.341 e. The van der Waals surface area contributed by atoms with Gasteiger partial charge >= 0.3 is 0 Å². The number of nitrogens with zero attached hydrogens (tertiary/aromatic N) is 2. The van der Waals surface area contributed by atoms with Gasteiger partial charge < -0.3 is 4.90 Å². The summed E-state index contributed by atoms with van der Waals surface area (Å²) in [4.78, 5) is 13.1. The summed E-state index contributed by atoms with van der Waals surface area (Å²) in [6.07, 6.45) is 2.77. The molecule has 0 aromatic carbocycles. The summed E-state index contributed by atoms with van der Waals surface area (Å²) in [5, 5.41) is 8.80. The van der Waals surface area contributed by atoms with Crippen LogP contribution in [0.1, 0.15) is 19.8 Å². The molecule has 3 atom stereocenters. The molecule has 0 N–H and O–H groups in total. The van der Waals surface area contributed by atoms with E-state index in [1.165, 1.54) is 0 Å². The first-order valence-electron chi connectivity index (χ1n) is 5.04. The zero-order chi connectivity index (χ0) is 11.4. The molecule has 0 aromatic heterocycles. The summed E-state index contributed by atoms with van der Waals surface area (Å²) in [5.41, 5.74) is 0. The van der Waals surface area contributed by atoms with Gasteiger partial charge in [0.15, 0.2) is 0 Å². The van der Waals surface area contributed by atoms with Crippen LogP contribution in [0.3, 0.4) is 0 Å². The maximum absolute atomic E-state index is 11.4. The predicted molar refractivity (Wildman–Crippen MR) is 58.4 cm³/mol. The lowest BCUT2D eigenvalue weighted by Gasteiger charge is -2.17. The van der Waals surface area contributed by atoms with E-state index in [0.717, 1.165) is 6.42 Å². The van der Waals surface area contributed by atoms with Gasteiger partial charge in [0, 0.05) is 41.8 Å². The van der Waals surface area contributed by atoms with Crippen molar-refractivity contribution in [1.29, 1.82) is 5.26 Å². The predicted octanol–water partition coefficient (Wildman–Crippen LogP) is 0.516. The average Bonchev–Trinajstić information content (AvgIpc) is 2.55. The minimum atomic E-state index is -0.835. The highest BCUT2D eigenvalue weighted by atomic mass is 32.2. The van der Waals surface area contributed by atoms with E-state index in [1.807, 2.05) is 6.92 Å². The van der Waals surface area contributed by atoms with Crippen molar-refractivity contribution in [3.63, 3.8) is 0 Å². The van der Waals surface area contributed by atoms with Gasteiger partial charge in [0.05, 0.1) is 12.0 Å². The standard InChI is InChI=1S/C10H16N2O2S/c1-8(15(2)14)3-4-12-7-9(6-11)5-10(12)13/h8-9H,3-5,7H2,1-2H3. The molecule has 1 aliphatic heterocycles. The molecule has 0 saturated carbocycles. The molecule has 15 heavy (non-hydrogen) atoms. The Morgan fingerprint density at radius 3 is 2.87 bits per heavy atom. The second kappa shape index (κ2) is 5.26. The largest absolute Gasteiger partial charge is 0.341 e. The normalized spacial score (nSPS) is 25.0. The summed E-state index contributed by atoms with van der Waals surface area (Å²) >= 11 is 0. The van der Waals surface area contributed by atoms with Gasteiger partial charge in [-0.2, -0.15) is 5.26 Å². The molecule has 1 amide bonds. The van der Waals surface area contributed by atoms with Crippen molar-refractivity contribution < 1.29 is 9.00 Å². The molecule has 1 fully saturated rings. The second-order valence-corrected chi connectivity index (χ2v) is 5.77. The Bertz CT molecular complexity index is 311. The Hall–Kier alpha value is -0.890. The highest BCUT2D eigenvalue weighted by Crippen LogP contribution is 2.17. The molecule has 4 nitrogen and oxygen atoms in total. The molecule has 1 rings (SSSR count). The van der Waals surface area contributed by atoms with Gasteiger partial charge in [-0.25, -0.2) is 0 Å². The van der Waals surface area contributed by atoms with Crippen LogP contribution in [0, 0.1) is 17.2 Å². The molecule has 0 aromatic rings. The smallest absolute Gasteiger partial charge is 0.224 e. The highest BCUT2D eigenvalue weighted by Gasteiger charge is 2.29. The summed E-state index contributed by atoms with van der Waals surface area (Å²) in [6.45, 7) is 3.08. The Balaban J connectivity index is 2.38. The number of nitriles is 1. The van der Waals surface area contributed by atoms with Crippen molar-refractivity contribution in [2.45, 2.75) is 25.0 Å². The maximum atomic E-state index is 11.4. The fourth-order valence-electron chi connectivity index (χ4n) is 1.58. The molecule has 0 bridgehead atoms. The molecule has 1 saturated heterocycles. The third kappa shape index (κ3) is 3.31. The van der Waals surface area contributed by atoms with Crippen LogP contribution in [-0.2, 0) is 15.6 Å². The molecular formula is C10H16N2O2S. The molecule has 0 aliphatic carbocycles. The fraction of sp³-hybridized carbons (Fsp3) is 0.800. The summed E-state index contributed by atoms with van der Waals surface area (Å²) in [6, 6.07) is 2.11. The van der Waals surface area contributed by atoms with Crippen molar-refractivity contribution in [3.8, 4) is 6.07 Å². The van der Waals surface area contributed by atoms with Crippen molar-refractivity contribution >= 4 is 16.7 Å². The Morgan fingerprint density at radius 1 is 1.73 bits per heavy atom. The monoisotopic (exact) mass is 228 g/mol. The first kappa shape index (κ1) is 12.2. The van der Waals surface area contributed by atoms with Crippen LogP contribution in [-0.4, -0.2) is 39.6 Å². The van der Waals surface area contributed by atoms with E-state index in [-0.39, 0.29) is 17.1 Å². The average molecular weight is 228 g/mol. The van der Waals surface area contributed by atoms with Crippen molar-refractivity contribution in [2.24, 2.45) is 5.92 Å². The van der Waals surface area contributed by atoms with Gasteiger partial charge in [-0.1, -0.05) is 6.92 Å². The van der Waals surface area contributed by atoms with Crippen LogP contribution in [0.25, 0.3) is 0 Å². The van der Waals surface area contributed by atoms with E-state index in [9.17, 15) is 9.00 Å². The molecule has 0 spiro atoms. The van der Waals surface area contributed by atoms with Gasteiger partial charge in [-0.15, -0.1) is 0 Å². The molecule has 1 heterocycles. The van der Waals surface area contributed by atoms with Crippen molar-refractivity contribution in [1.82, 2.24) is 4.90 Å². The second-order valence-electron chi connectivity index (χ2n) is 3.97. The quantitative estimate of drug-likeness (QED) is 0.704. The number of rotatable bonds is 4. The number of hydrogen-bond donors (Lipinski definition) is 0. The van der Waals surface area contributed by atoms with Gasteiger partial charge in [0.2, 0.25) is 5.91 Å². The third-order valence-corrected chi connectivity index (χ3v) is 4.14. The van der Waals surface area contributed by atoms with Gasteiger partial charge in [0.1, 0.15) is 0 Å². The topological polar surface area (TPSA) is 61.2 Å². The first-order valence-corrected chi connectivity index (χ1v) is 6.66. The molecule has 84 valence electrons. The van der Waals surface area contributed by atoms with E-state index in [4.69, 9.17) is 5.26 Å². The number of carbonyl (C=O) groups is 1. The summed E-state index contributed by atoms with van der Waals surface area (Å²) in [7, 11) is -0.835. The number of amides is 1. The number of likely N-dealkylation sites (tertiary alicyclic amines) is 1. The van der Waals surface area contributed by atoms with E-state index >= 15 is 0 Å². The van der Waals surface area contributed by atoms with Crippen LogP contribution >= 0.6 is 0 Å². The first-order chi connectivity index (χ1) is 7.04. The van der Waals surface area contributed by atoms with Crippen LogP contribution in [0.4, 0.5) is 0 Å². The van der Waals surface area contributed by atoms with Crippen LogP contribution in [0.5, 0.6) is 0 Å². The zero-order valence-corrected chi connectivity index (χ0v) is 9.92. The maximum Gasteiger partial charge on any atom is 0.224 e. The summed E-state index contributed by atoms with van der Waals surface area (Å²) < 4.78 is 11.1. The van der Waals surface area contributed by atoms with E-state index in [1.54, 1.807) is 11.2 Å². The van der Waals surface area contributed by atoms with Crippen LogP contribution in [0.15, 0.2) is 0 Å². The Kier molecular flexibility index (Phi) is 4.28. The van der Waals surface area contributed by atoms with Crippen LogP contribution < -0.4 is 0 Å². The number of carbonyl (C=O) groups excluding carboxylic acids is 1. The Morgan fingerprint density at radius 2 is 2.40 bits per heavy atom. The van der Waals surface area contributed by atoms with E-state index in [0.29, 0.717) is 19.5 Å². The molecule has 3 unspecified atom stereocenters. The SMILES string of the molecule is CC(CCN1CC(C#N)CC1=O)S(C)=O. The molecule has 1 aliphatic rings. The summed E-state index contributed by atoms with van der Waals surface area (Å²) in [5.74, 6) is -0.101. The van der Waals surface area contributed by atoms with Gasteiger partial charge in [0.25, 0.3) is 0 Å². The Labute approximate surface area is 92.7 Å². The lowest BCUT2D eigenvalue weighted by Crippen LogP contribution is -2.29. The van der Waals surface area contributed by atoms with Gasteiger partial charge in [-0.3, -0.25) is 9.00 Å². The van der Waals surface area contributed by atoms with Crippen molar-refractivity contribution in [2.75, 3.05) is 19.3 Å². The molecule has 5 heteroatoms. The van der Waals surface area contributed by atoms with Gasteiger partial charge in [-0.05, 0) is 6.42 Å². The lowest BCUT2D eigenvalue weighted by atomic mass is 10.1. The van der Waals surface area contributed by atoms with Crippen LogP contribution in [0.2, 0.25) is 0 Å². The highest BCUT2D eigenvalue weighted by molar-refractivity contribution is 7.84. The molecular weight excluding hydrogens is 212 g/mol. The number of hydrogen-bond acceptors (Lipinski definition) is 3. The minimum absolute atomic E-state index is 0.0515. The molecule has 0 radical (unpaired) electrons. The van der Waals surface area contributed by atoms with Crippen molar-refractivity contribution in [3.05, 3.63) is 0 Å². The van der Waals surface area contributed by atoms with E-state index in [2.05, 4.69) is 6.07 Å². The van der Waals surface area contributed by atoms with E-state index < -0.39 is 10.8 Å². The fourth-order valence-corrected chi connectivity index (χ4v) is 2.02.